The molecule has 1 amide bonds. The first kappa shape index (κ1) is 12.4. The molecule has 7 heteroatoms. The van der Waals surface area contributed by atoms with Crippen LogP contribution in [0, 0.1) is 0 Å². The maximum Gasteiger partial charge on any atom is 0.339 e. The van der Waals surface area contributed by atoms with Crippen LogP contribution in [-0.4, -0.2) is 34.0 Å². The average Bonchev–Trinajstić information content (AvgIpc) is 2.26. The zero-order valence-electron chi connectivity index (χ0n) is 8.77. The lowest BCUT2D eigenvalue weighted by atomic mass is 10.2. The second-order valence-electron chi connectivity index (χ2n) is 3.05. The van der Waals surface area contributed by atoms with E-state index in [1.165, 1.54) is 18.9 Å². The van der Waals surface area contributed by atoms with Crippen molar-refractivity contribution >= 4 is 29.4 Å². The minimum atomic E-state index is -1.15. The number of hydrogen-bond donors (Lipinski definition) is 1. The summed E-state index contributed by atoms with van der Waals surface area (Å²) in [5.41, 5.74) is 0.128. The molecule has 1 heterocycles. The molecule has 16 heavy (non-hydrogen) atoms. The van der Waals surface area contributed by atoms with Crippen molar-refractivity contribution in [3.63, 3.8) is 0 Å². The monoisotopic (exact) mass is 243 g/mol. The number of aromatic nitrogens is 2. The van der Waals surface area contributed by atoms with E-state index in [2.05, 4.69) is 9.97 Å². The van der Waals surface area contributed by atoms with Crippen molar-refractivity contribution < 1.29 is 14.7 Å². The number of aromatic carboxylic acids is 1. The molecule has 0 unspecified atom stereocenters. The Kier molecular flexibility index (Phi) is 3.78. The van der Waals surface area contributed by atoms with Crippen LogP contribution in [0.15, 0.2) is 6.20 Å². The molecule has 0 bridgehead atoms. The van der Waals surface area contributed by atoms with Crippen molar-refractivity contribution in [2.45, 2.75) is 12.8 Å². The third-order valence-corrected chi connectivity index (χ3v) is 2.24. The molecule has 0 saturated heterocycles. The molecule has 1 aromatic heterocycles. The lowest BCUT2D eigenvalue weighted by molar-refractivity contribution is -0.116. The summed E-state index contributed by atoms with van der Waals surface area (Å²) in [6.45, 7) is 1.36. The fourth-order valence-corrected chi connectivity index (χ4v) is 1.19. The van der Waals surface area contributed by atoms with E-state index in [-0.39, 0.29) is 29.0 Å². The standard InChI is InChI=1S/C9H10ClN3O3/c1-5(14)13(2)9-11-4-6(8(15)16)7(3-10)12-9/h4H,3H2,1-2H3,(H,15,16). The van der Waals surface area contributed by atoms with Gasteiger partial charge in [-0.3, -0.25) is 9.69 Å². The maximum atomic E-state index is 11.1. The number of alkyl halides is 1. The van der Waals surface area contributed by atoms with E-state index in [9.17, 15) is 9.59 Å². The molecule has 0 aliphatic rings. The molecule has 0 aliphatic heterocycles. The van der Waals surface area contributed by atoms with Crippen molar-refractivity contribution in [2.75, 3.05) is 11.9 Å². The molecule has 0 saturated carbocycles. The SMILES string of the molecule is CC(=O)N(C)c1ncc(C(=O)O)c(CCl)n1. The van der Waals surface area contributed by atoms with Crippen molar-refractivity contribution in [1.29, 1.82) is 0 Å². The van der Waals surface area contributed by atoms with Crippen LogP contribution in [0.1, 0.15) is 23.0 Å². The van der Waals surface area contributed by atoms with E-state index in [1.807, 2.05) is 0 Å². The molecule has 6 nitrogen and oxygen atoms in total. The molecule has 0 spiro atoms. The second kappa shape index (κ2) is 4.89. The van der Waals surface area contributed by atoms with Gasteiger partial charge in [0, 0.05) is 20.2 Å². The largest absolute Gasteiger partial charge is 0.478 e. The fourth-order valence-electron chi connectivity index (χ4n) is 0.990. The van der Waals surface area contributed by atoms with Gasteiger partial charge < -0.3 is 5.11 Å². The minimum Gasteiger partial charge on any atom is -0.478 e. The van der Waals surface area contributed by atoms with Gasteiger partial charge in [-0.25, -0.2) is 14.8 Å². The molecule has 0 fully saturated rings. The number of anilines is 1. The molecular formula is C9H10ClN3O3. The molecule has 1 rings (SSSR count). The Morgan fingerprint density at radius 2 is 2.19 bits per heavy atom. The van der Waals surface area contributed by atoms with Crippen LogP contribution in [0.3, 0.4) is 0 Å². The van der Waals surface area contributed by atoms with Gasteiger partial charge in [-0.2, -0.15) is 0 Å². The molecule has 0 aliphatic carbocycles. The quantitative estimate of drug-likeness (QED) is 0.798. The minimum absolute atomic E-state index is 0.0527. The fraction of sp³-hybridized carbons (Fsp3) is 0.333. The lowest BCUT2D eigenvalue weighted by Gasteiger charge is -2.13. The van der Waals surface area contributed by atoms with Gasteiger partial charge in [0.15, 0.2) is 0 Å². The van der Waals surface area contributed by atoms with E-state index >= 15 is 0 Å². The molecular weight excluding hydrogens is 234 g/mol. The van der Waals surface area contributed by atoms with E-state index in [4.69, 9.17) is 16.7 Å². The van der Waals surface area contributed by atoms with Crippen molar-refractivity contribution in [3.8, 4) is 0 Å². The molecule has 0 radical (unpaired) electrons. The summed E-state index contributed by atoms with van der Waals surface area (Å²) >= 11 is 5.58. The summed E-state index contributed by atoms with van der Waals surface area (Å²) in [7, 11) is 1.50. The summed E-state index contributed by atoms with van der Waals surface area (Å²) < 4.78 is 0. The predicted molar refractivity (Wildman–Crippen MR) is 57.6 cm³/mol. The van der Waals surface area contributed by atoms with Crippen molar-refractivity contribution in [1.82, 2.24) is 9.97 Å². The maximum absolute atomic E-state index is 11.1. The van der Waals surface area contributed by atoms with Crippen LogP contribution in [0.5, 0.6) is 0 Å². The number of amides is 1. The average molecular weight is 244 g/mol. The number of carbonyl (C=O) groups is 2. The lowest BCUT2D eigenvalue weighted by Crippen LogP contribution is -2.25. The van der Waals surface area contributed by atoms with Crippen molar-refractivity contribution in [2.24, 2.45) is 0 Å². The van der Waals surface area contributed by atoms with Gasteiger partial charge >= 0.3 is 5.97 Å². The summed E-state index contributed by atoms with van der Waals surface area (Å²) in [5.74, 6) is -1.31. The Labute approximate surface area is 96.9 Å². The summed E-state index contributed by atoms with van der Waals surface area (Å²) in [6.07, 6.45) is 1.14. The highest BCUT2D eigenvalue weighted by atomic mass is 35.5. The van der Waals surface area contributed by atoms with Crippen LogP contribution in [-0.2, 0) is 10.7 Å². The highest BCUT2D eigenvalue weighted by Crippen LogP contribution is 2.13. The summed E-state index contributed by atoms with van der Waals surface area (Å²) in [6, 6.07) is 0. The normalized spacial score (nSPS) is 9.94. The summed E-state index contributed by atoms with van der Waals surface area (Å²) in [4.78, 5) is 30.7. The van der Waals surface area contributed by atoms with Gasteiger partial charge in [-0.1, -0.05) is 0 Å². The highest BCUT2D eigenvalue weighted by Gasteiger charge is 2.15. The number of nitrogens with zero attached hydrogens (tertiary/aromatic N) is 3. The smallest absolute Gasteiger partial charge is 0.339 e. The molecule has 1 N–H and O–H groups in total. The Bertz CT molecular complexity index is 436. The van der Waals surface area contributed by atoms with Crippen LogP contribution in [0.4, 0.5) is 5.95 Å². The van der Waals surface area contributed by atoms with Gasteiger partial charge in [0.2, 0.25) is 11.9 Å². The number of rotatable bonds is 3. The number of hydrogen-bond acceptors (Lipinski definition) is 4. The first-order valence-electron chi connectivity index (χ1n) is 4.36. The van der Waals surface area contributed by atoms with E-state index < -0.39 is 5.97 Å². The molecule has 0 atom stereocenters. The third kappa shape index (κ3) is 2.46. The molecule has 0 aromatic carbocycles. The van der Waals surface area contributed by atoms with Crippen LogP contribution in [0.2, 0.25) is 0 Å². The zero-order valence-corrected chi connectivity index (χ0v) is 9.52. The van der Waals surface area contributed by atoms with Gasteiger partial charge in [-0.15, -0.1) is 11.6 Å². The molecule has 86 valence electrons. The predicted octanol–water partition coefficient (Wildman–Crippen LogP) is 0.896. The molecule has 1 aromatic rings. The van der Waals surface area contributed by atoms with Crippen LogP contribution < -0.4 is 4.90 Å². The van der Waals surface area contributed by atoms with E-state index in [0.717, 1.165) is 6.20 Å². The highest BCUT2D eigenvalue weighted by molar-refractivity contribution is 6.17. The first-order valence-corrected chi connectivity index (χ1v) is 4.90. The van der Waals surface area contributed by atoms with Gasteiger partial charge in [-0.05, 0) is 0 Å². The van der Waals surface area contributed by atoms with Crippen molar-refractivity contribution in [3.05, 3.63) is 17.5 Å². The number of halogens is 1. The Morgan fingerprint density at radius 1 is 1.56 bits per heavy atom. The van der Waals surface area contributed by atoms with E-state index in [1.54, 1.807) is 0 Å². The topological polar surface area (TPSA) is 83.4 Å². The van der Waals surface area contributed by atoms with Gasteiger partial charge in [0.25, 0.3) is 0 Å². The van der Waals surface area contributed by atoms with Crippen LogP contribution in [0.25, 0.3) is 0 Å². The third-order valence-electron chi connectivity index (χ3n) is 1.98. The number of carboxylic acid groups (broad SMARTS) is 1. The Balaban J connectivity index is 3.18. The second-order valence-corrected chi connectivity index (χ2v) is 3.31. The summed E-state index contributed by atoms with van der Waals surface area (Å²) in [5, 5.41) is 8.82. The van der Waals surface area contributed by atoms with Gasteiger partial charge in [0.1, 0.15) is 5.56 Å². The number of carboxylic acids is 1. The van der Waals surface area contributed by atoms with Gasteiger partial charge in [0.05, 0.1) is 11.6 Å². The Morgan fingerprint density at radius 3 is 2.62 bits per heavy atom. The first-order chi connectivity index (χ1) is 7.47. The number of carbonyl (C=O) groups excluding carboxylic acids is 1. The zero-order chi connectivity index (χ0) is 12.3. The van der Waals surface area contributed by atoms with E-state index in [0.29, 0.717) is 0 Å². The Hall–Kier alpha value is -1.69. The van der Waals surface area contributed by atoms with Crippen LogP contribution >= 0.6 is 11.6 Å².